The molecule has 0 amide bonds. The van der Waals surface area contributed by atoms with Crippen LogP contribution in [0.4, 0.5) is 0 Å². The van der Waals surface area contributed by atoms with Gasteiger partial charge in [-0.3, -0.25) is 16.1 Å². The Morgan fingerprint density at radius 2 is 2.21 bits per heavy atom. The molecule has 2 aromatic rings. The third kappa shape index (κ3) is 1.16. The van der Waals surface area contributed by atoms with E-state index in [-0.39, 0.29) is 5.84 Å². The maximum absolute atomic E-state index is 8.69. The predicted octanol–water partition coefficient (Wildman–Crippen LogP) is 1.48. The lowest BCUT2D eigenvalue weighted by molar-refractivity contribution is 0.234. The molecule has 3 N–H and O–H groups in total. The van der Waals surface area contributed by atoms with Gasteiger partial charge in [0, 0.05) is 24.2 Å². The molecule has 0 spiro atoms. The molecule has 4 nitrogen and oxygen atoms in total. The zero-order valence-corrected chi connectivity index (χ0v) is 7.78. The summed E-state index contributed by atoms with van der Waals surface area (Å²) in [5.41, 5.74) is 3.50. The second kappa shape index (κ2) is 3.16. The van der Waals surface area contributed by atoms with Gasteiger partial charge in [0.25, 0.3) is 0 Å². The maximum atomic E-state index is 8.69. The van der Waals surface area contributed by atoms with E-state index in [9.17, 15) is 0 Å². The number of amidine groups is 1. The van der Waals surface area contributed by atoms with Crippen LogP contribution in [0.1, 0.15) is 5.56 Å². The first kappa shape index (κ1) is 8.77. The Kier molecular flexibility index (Phi) is 1.98. The Bertz CT molecular complexity index is 487. The van der Waals surface area contributed by atoms with E-state index >= 15 is 0 Å². The summed E-state index contributed by atoms with van der Waals surface area (Å²) in [7, 11) is 1.91. The van der Waals surface area contributed by atoms with E-state index in [4.69, 9.17) is 10.6 Å². The van der Waals surface area contributed by atoms with E-state index in [0.717, 1.165) is 10.9 Å². The summed E-state index contributed by atoms with van der Waals surface area (Å²) in [4.78, 5) is 0. The normalized spacial score (nSPS) is 10.4. The minimum Gasteiger partial charge on any atom is -0.350 e. The minimum atomic E-state index is 0.0115. The SMILES string of the molecule is Cn1ccc2cccc(C(=N)NO)c21. The molecule has 0 bridgehead atoms. The molecule has 1 aromatic heterocycles. The van der Waals surface area contributed by atoms with Gasteiger partial charge in [0.1, 0.15) is 0 Å². The zero-order valence-electron chi connectivity index (χ0n) is 7.78. The lowest BCUT2D eigenvalue weighted by Gasteiger charge is -2.05. The van der Waals surface area contributed by atoms with Gasteiger partial charge in [-0.15, -0.1) is 0 Å². The van der Waals surface area contributed by atoms with Crippen molar-refractivity contribution in [1.82, 2.24) is 10.0 Å². The molecule has 1 heterocycles. The molecule has 1 aromatic carbocycles. The molecular weight excluding hydrogens is 178 g/mol. The van der Waals surface area contributed by atoms with E-state index in [1.54, 1.807) is 6.07 Å². The fourth-order valence-corrected chi connectivity index (χ4v) is 1.62. The van der Waals surface area contributed by atoms with Crippen molar-refractivity contribution in [2.75, 3.05) is 0 Å². The number of para-hydroxylation sites is 1. The molecule has 0 fully saturated rings. The van der Waals surface area contributed by atoms with Gasteiger partial charge in [0.05, 0.1) is 5.52 Å². The van der Waals surface area contributed by atoms with Crippen LogP contribution in [-0.4, -0.2) is 15.6 Å². The molecule has 0 aliphatic rings. The van der Waals surface area contributed by atoms with Crippen molar-refractivity contribution >= 4 is 16.7 Å². The first-order chi connectivity index (χ1) is 6.74. The average molecular weight is 189 g/mol. The van der Waals surface area contributed by atoms with Gasteiger partial charge < -0.3 is 4.57 Å². The molecule has 0 radical (unpaired) electrons. The smallest absolute Gasteiger partial charge is 0.151 e. The van der Waals surface area contributed by atoms with Crippen molar-refractivity contribution in [3.63, 3.8) is 0 Å². The highest BCUT2D eigenvalue weighted by molar-refractivity contribution is 6.06. The fourth-order valence-electron chi connectivity index (χ4n) is 1.62. The third-order valence-electron chi connectivity index (χ3n) is 2.28. The van der Waals surface area contributed by atoms with Crippen LogP contribution in [-0.2, 0) is 7.05 Å². The van der Waals surface area contributed by atoms with E-state index in [1.807, 2.05) is 41.5 Å². The minimum absolute atomic E-state index is 0.0115. The van der Waals surface area contributed by atoms with Crippen LogP contribution in [0.25, 0.3) is 10.9 Å². The molecule has 0 atom stereocenters. The molecule has 4 heteroatoms. The van der Waals surface area contributed by atoms with Crippen molar-refractivity contribution in [2.24, 2.45) is 7.05 Å². The fraction of sp³-hybridized carbons (Fsp3) is 0.100. The summed E-state index contributed by atoms with van der Waals surface area (Å²) in [6.45, 7) is 0. The van der Waals surface area contributed by atoms with Crippen molar-refractivity contribution in [3.05, 3.63) is 36.0 Å². The largest absolute Gasteiger partial charge is 0.350 e. The third-order valence-corrected chi connectivity index (χ3v) is 2.28. The van der Waals surface area contributed by atoms with E-state index in [1.165, 1.54) is 0 Å². The molecule has 0 unspecified atom stereocenters. The van der Waals surface area contributed by atoms with Gasteiger partial charge in [0.2, 0.25) is 0 Å². The topological polar surface area (TPSA) is 61.0 Å². The second-order valence-corrected chi connectivity index (χ2v) is 3.16. The molecule has 0 saturated heterocycles. The Morgan fingerprint density at radius 3 is 2.93 bits per heavy atom. The van der Waals surface area contributed by atoms with E-state index in [2.05, 4.69) is 0 Å². The van der Waals surface area contributed by atoms with Crippen LogP contribution < -0.4 is 5.48 Å². The number of nitrogens with one attached hydrogen (secondary N) is 2. The van der Waals surface area contributed by atoms with Crippen LogP contribution in [0, 0.1) is 5.41 Å². The highest BCUT2D eigenvalue weighted by Crippen LogP contribution is 2.18. The first-order valence-electron chi connectivity index (χ1n) is 4.27. The van der Waals surface area contributed by atoms with Crippen molar-refractivity contribution in [1.29, 1.82) is 5.41 Å². The Hall–Kier alpha value is -1.81. The number of hydroxylamine groups is 1. The Morgan fingerprint density at radius 1 is 1.43 bits per heavy atom. The van der Waals surface area contributed by atoms with Crippen LogP contribution in [0.5, 0.6) is 0 Å². The number of hydrogen-bond donors (Lipinski definition) is 3. The highest BCUT2D eigenvalue weighted by Gasteiger charge is 2.07. The number of fused-ring (bicyclic) bond motifs is 1. The standard InChI is InChI=1S/C10H11N3O/c1-13-6-5-7-3-2-4-8(9(7)13)10(11)12-14/h2-6,14H,1H3,(H2,11,12). The monoisotopic (exact) mass is 189 g/mol. The summed E-state index contributed by atoms with van der Waals surface area (Å²) in [5, 5.41) is 17.3. The number of rotatable bonds is 1. The van der Waals surface area contributed by atoms with Crippen LogP contribution in [0.15, 0.2) is 30.5 Å². The molecule has 0 aliphatic carbocycles. The highest BCUT2D eigenvalue weighted by atomic mass is 16.5. The summed E-state index contributed by atoms with van der Waals surface area (Å²) in [6.07, 6.45) is 1.93. The lowest BCUT2D eigenvalue weighted by Crippen LogP contribution is -2.19. The quantitative estimate of drug-likeness (QED) is 0.361. The predicted molar refractivity (Wildman–Crippen MR) is 54.7 cm³/mol. The first-order valence-corrected chi connectivity index (χ1v) is 4.27. The van der Waals surface area contributed by atoms with Crippen molar-refractivity contribution in [2.45, 2.75) is 0 Å². The van der Waals surface area contributed by atoms with Crippen LogP contribution >= 0.6 is 0 Å². The van der Waals surface area contributed by atoms with Gasteiger partial charge in [-0.2, -0.15) is 0 Å². The van der Waals surface area contributed by atoms with Gasteiger partial charge >= 0.3 is 0 Å². The van der Waals surface area contributed by atoms with Gasteiger partial charge in [-0.1, -0.05) is 12.1 Å². The number of benzene rings is 1. The molecule has 2 rings (SSSR count). The number of nitrogens with zero attached hydrogens (tertiary/aromatic N) is 1. The number of aryl methyl sites for hydroxylation is 1. The number of hydrogen-bond acceptors (Lipinski definition) is 2. The summed E-state index contributed by atoms with van der Waals surface area (Å²) in [5.74, 6) is 0.0115. The van der Waals surface area contributed by atoms with Crippen LogP contribution in [0.2, 0.25) is 0 Å². The molecule has 72 valence electrons. The summed E-state index contributed by atoms with van der Waals surface area (Å²) in [6, 6.07) is 7.62. The molecule has 0 saturated carbocycles. The second-order valence-electron chi connectivity index (χ2n) is 3.16. The van der Waals surface area contributed by atoms with Gasteiger partial charge in [-0.25, -0.2) is 0 Å². The summed E-state index contributed by atoms with van der Waals surface area (Å²) < 4.78 is 1.93. The summed E-state index contributed by atoms with van der Waals surface area (Å²) >= 11 is 0. The number of aromatic nitrogens is 1. The lowest BCUT2D eigenvalue weighted by atomic mass is 10.1. The van der Waals surface area contributed by atoms with Gasteiger partial charge in [-0.05, 0) is 12.1 Å². The Labute approximate surface area is 81.2 Å². The Balaban J connectivity index is 2.75. The average Bonchev–Trinajstić information content (AvgIpc) is 2.59. The van der Waals surface area contributed by atoms with E-state index < -0.39 is 0 Å². The maximum Gasteiger partial charge on any atom is 0.151 e. The van der Waals surface area contributed by atoms with Crippen molar-refractivity contribution in [3.8, 4) is 0 Å². The van der Waals surface area contributed by atoms with Crippen molar-refractivity contribution < 1.29 is 5.21 Å². The zero-order chi connectivity index (χ0) is 10.1. The molecule has 14 heavy (non-hydrogen) atoms. The van der Waals surface area contributed by atoms with E-state index in [0.29, 0.717) is 5.56 Å². The molecular formula is C10H11N3O. The van der Waals surface area contributed by atoms with Crippen LogP contribution in [0.3, 0.4) is 0 Å². The van der Waals surface area contributed by atoms with Gasteiger partial charge in [0.15, 0.2) is 5.84 Å². The molecule has 0 aliphatic heterocycles.